The highest BCUT2D eigenvalue weighted by Gasteiger charge is 2.18. The summed E-state index contributed by atoms with van der Waals surface area (Å²) < 4.78 is 10.9. The molecule has 0 aliphatic heterocycles. The van der Waals surface area contributed by atoms with Crippen LogP contribution >= 0.6 is 0 Å². The van der Waals surface area contributed by atoms with E-state index in [2.05, 4.69) is 10.9 Å². The van der Waals surface area contributed by atoms with Gasteiger partial charge in [-0.05, 0) is 51.0 Å². The predicted molar refractivity (Wildman–Crippen MR) is 88.1 cm³/mol. The third-order valence-corrected chi connectivity index (χ3v) is 3.48. The van der Waals surface area contributed by atoms with Crippen LogP contribution in [0.2, 0.25) is 0 Å². The molecule has 1 aromatic carbocycles. The Morgan fingerprint density at radius 2 is 1.48 bits per heavy atom. The zero-order valence-corrected chi connectivity index (χ0v) is 14.2. The van der Waals surface area contributed by atoms with Gasteiger partial charge in [-0.2, -0.15) is 0 Å². The van der Waals surface area contributed by atoms with Gasteiger partial charge in [0.15, 0.2) is 6.10 Å². The summed E-state index contributed by atoms with van der Waals surface area (Å²) in [6, 6.07) is 7.02. The third kappa shape index (κ3) is 6.18. The van der Waals surface area contributed by atoms with Gasteiger partial charge in [0.25, 0.3) is 5.91 Å². The van der Waals surface area contributed by atoms with Crippen molar-refractivity contribution >= 4 is 11.8 Å². The van der Waals surface area contributed by atoms with Crippen LogP contribution < -0.4 is 20.3 Å². The number of rotatable bonds is 8. The number of hydrogen-bond acceptors (Lipinski definition) is 4. The molecule has 0 aliphatic rings. The SMILES string of the molecule is CCOc1ccc(OC(C)C(=O)NNC(=O)C(CC)CC)cc1. The normalized spacial score (nSPS) is 11.7. The maximum absolute atomic E-state index is 11.9. The molecule has 0 aliphatic carbocycles. The molecule has 0 saturated heterocycles. The maximum Gasteiger partial charge on any atom is 0.279 e. The lowest BCUT2D eigenvalue weighted by atomic mass is 10.0. The molecule has 1 unspecified atom stereocenters. The molecule has 0 saturated carbocycles. The minimum absolute atomic E-state index is 0.0994. The number of hydrazine groups is 1. The van der Waals surface area contributed by atoms with Gasteiger partial charge < -0.3 is 9.47 Å². The number of hydrogen-bond donors (Lipinski definition) is 2. The highest BCUT2D eigenvalue weighted by Crippen LogP contribution is 2.18. The van der Waals surface area contributed by atoms with Crippen molar-refractivity contribution in [1.82, 2.24) is 10.9 Å². The van der Waals surface area contributed by atoms with Crippen molar-refractivity contribution in [3.8, 4) is 11.5 Å². The van der Waals surface area contributed by atoms with Crippen molar-refractivity contribution < 1.29 is 19.1 Å². The van der Waals surface area contributed by atoms with Gasteiger partial charge in [-0.3, -0.25) is 20.4 Å². The Kier molecular flexibility index (Phi) is 7.94. The van der Waals surface area contributed by atoms with Crippen LogP contribution in [-0.2, 0) is 9.59 Å². The molecular weight excluding hydrogens is 296 g/mol. The number of amides is 2. The Labute approximate surface area is 137 Å². The van der Waals surface area contributed by atoms with Crippen LogP contribution in [0.5, 0.6) is 11.5 Å². The van der Waals surface area contributed by atoms with Crippen molar-refractivity contribution in [2.75, 3.05) is 6.61 Å². The molecule has 2 N–H and O–H groups in total. The lowest BCUT2D eigenvalue weighted by Gasteiger charge is -2.17. The van der Waals surface area contributed by atoms with Gasteiger partial charge in [-0.25, -0.2) is 0 Å². The zero-order valence-electron chi connectivity index (χ0n) is 14.2. The lowest BCUT2D eigenvalue weighted by molar-refractivity contribution is -0.134. The average molecular weight is 322 g/mol. The third-order valence-electron chi connectivity index (χ3n) is 3.48. The van der Waals surface area contributed by atoms with E-state index in [1.54, 1.807) is 31.2 Å². The van der Waals surface area contributed by atoms with Crippen LogP contribution in [0.4, 0.5) is 0 Å². The van der Waals surface area contributed by atoms with Gasteiger partial charge >= 0.3 is 0 Å². The summed E-state index contributed by atoms with van der Waals surface area (Å²) in [6.45, 7) is 8.00. The van der Waals surface area contributed by atoms with Gasteiger partial charge in [0.1, 0.15) is 11.5 Å². The van der Waals surface area contributed by atoms with Crippen LogP contribution in [0.1, 0.15) is 40.5 Å². The predicted octanol–water partition coefficient (Wildman–Crippen LogP) is 2.44. The summed E-state index contributed by atoms with van der Waals surface area (Å²) in [5.41, 5.74) is 4.83. The Balaban J connectivity index is 2.45. The second-order valence-corrected chi connectivity index (χ2v) is 5.16. The molecule has 2 amide bonds. The van der Waals surface area contributed by atoms with E-state index in [9.17, 15) is 9.59 Å². The minimum atomic E-state index is -0.727. The van der Waals surface area contributed by atoms with E-state index in [1.165, 1.54) is 0 Å². The van der Waals surface area contributed by atoms with Crippen molar-refractivity contribution in [2.45, 2.75) is 46.6 Å². The summed E-state index contributed by atoms with van der Waals surface area (Å²) in [5.74, 6) is 0.615. The second-order valence-electron chi connectivity index (χ2n) is 5.16. The Morgan fingerprint density at radius 1 is 0.957 bits per heavy atom. The maximum atomic E-state index is 11.9. The molecule has 0 bridgehead atoms. The number of benzene rings is 1. The van der Waals surface area contributed by atoms with Crippen molar-refractivity contribution in [3.63, 3.8) is 0 Å². The number of carbonyl (C=O) groups is 2. The summed E-state index contributed by atoms with van der Waals surface area (Å²) >= 11 is 0. The Hall–Kier alpha value is -2.24. The molecule has 0 fully saturated rings. The van der Waals surface area contributed by atoms with Gasteiger partial charge in [-0.15, -0.1) is 0 Å². The lowest BCUT2D eigenvalue weighted by Crippen LogP contribution is -2.48. The van der Waals surface area contributed by atoms with E-state index in [1.807, 2.05) is 20.8 Å². The van der Waals surface area contributed by atoms with Gasteiger partial charge in [-0.1, -0.05) is 13.8 Å². The van der Waals surface area contributed by atoms with E-state index in [-0.39, 0.29) is 11.8 Å². The molecule has 0 heterocycles. The fourth-order valence-electron chi connectivity index (χ4n) is 2.03. The first kappa shape index (κ1) is 18.8. The Bertz CT molecular complexity index is 498. The van der Waals surface area contributed by atoms with Crippen LogP contribution in [0.15, 0.2) is 24.3 Å². The number of ether oxygens (including phenoxy) is 2. The molecular formula is C17H26N2O4. The molecule has 1 atom stereocenters. The zero-order chi connectivity index (χ0) is 17.2. The summed E-state index contributed by atoms with van der Waals surface area (Å²) in [5, 5.41) is 0. The molecule has 6 nitrogen and oxygen atoms in total. The molecule has 0 radical (unpaired) electrons. The Morgan fingerprint density at radius 3 is 2.00 bits per heavy atom. The second kappa shape index (κ2) is 9.71. The smallest absolute Gasteiger partial charge is 0.279 e. The van der Waals surface area contributed by atoms with E-state index in [0.29, 0.717) is 12.4 Å². The van der Waals surface area contributed by atoms with Crippen LogP contribution in [-0.4, -0.2) is 24.5 Å². The monoisotopic (exact) mass is 322 g/mol. The molecule has 0 spiro atoms. The molecule has 1 aromatic rings. The van der Waals surface area contributed by atoms with Crippen molar-refractivity contribution in [3.05, 3.63) is 24.3 Å². The first-order valence-corrected chi connectivity index (χ1v) is 8.00. The molecule has 0 aromatic heterocycles. The van der Waals surface area contributed by atoms with Gasteiger partial charge in [0, 0.05) is 5.92 Å². The highest BCUT2D eigenvalue weighted by atomic mass is 16.5. The molecule has 1 rings (SSSR count). The first-order chi connectivity index (χ1) is 11.0. The largest absolute Gasteiger partial charge is 0.494 e. The van der Waals surface area contributed by atoms with Crippen LogP contribution in [0.25, 0.3) is 0 Å². The van der Waals surface area contributed by atoms with Crippen LogP contribution in [0, 0.1) is 5.92 Å². The fourth-order valence-corrected chi connectivity index (χ4v) is 2.03. The van der Waals surface area contributed by atoms with Crippen LogP contribution in [0.3, 0.4) is 0 Å². The van der Waals surface area contributed by atoms with E-state index in [0.717, 1.165) is 18.6 Å². The van der Waals surface area contributed by atoms with E-state index in [4.69, 9.17) is 9.47 Å². The van der Waals surface area contributed by atoms with Gasteiger partial charge in [0.2, 0.25) is 5.91 Å². The van der Waals surface area contributed by atoms with Crippen molar-refractivity contribution in [1.29, 1.82) is 0 Å². The quantitative estimate of drug-likeness (QED) is 0.721. The number of carbonyl (C=O) groups excluding carboxylic acids is 2. The van der Waals surface area contributed by atoms with Gasteiger partial charge in [0.05, 0.1) is 6.61 Å². The summed E-state index contributed by atoms with van der Waals surface area (Å²) in [6.07, 6.45) is 0.738. The minimum Gasteiger partial charge on any atom is -0.494 e. The summed E-state index contributed by atoms with van der Waals surface area (Å²) in [4.78, 5) is 23.8. The van der Waals surface area contributed by atoms with E-state index < -0.39 is 12.0 Å². The summed E-state index contributed by atoms with van der Waals surface area (Å²) in [7, 11) is 0. The first-order valence-electron chi connectivity index (χ1n) is 8.00. The topological polar surface area (TPSA) is 76.7 Å². The van der Waals surface area contributed by atoms with Crippen molar-refractivity contribution in [2.24, 2.45) is 5.92 Å². The molecule has 23 heavy (non-hydrogen) atoms. The fraction of sp³-hybridized carbons (Fsp3) is 0.529. The highest BCUT2D eigenvalue weighted by molar-refractivity contribution is 5.85. The van der Waals surface area contributed by atoms with E-state index >= 15 is 0 Å². The standard InChI is InChI=1S/C17H26N2O4/c1-5-13(6-2)17(21)19-18-16(20)12(4)23-15-10-8-14(9-11-15)22-7-3/h8-13H,5-7H2,1-4H3,(H,18,20)(H,19,21). The number of nitrogens with one attached hydrogen (secondary N) is 2. The molecule has 6 heteroatoms. The molecule has 128 valence electrons. The average Bonchev–Trinajstić information content (AvgIpc) is 2.55.